The number of aromatic nitrogens is 2. The van der Waals surface area contributed by atoms with Gasteiger partial charge in [0.15, 0.2) is 0 Å². The quantitative estimate of drug-likeness (QED) is 0.473. The molecule has 0 N–H and O–H groups in total. The van der Waals surface area contributed by atoms with Crippen molar-refractivity contribution in [3.63, 3.8) is 0 Å². The van der Waals surface area contributed by atoms with Crippen molar-refractivity contribution in [3.05, 3.63) is 62.0 Å². The Balaban J connectivity index is 1.81. The molecular weight excluding hydrogens is 422 g/mol. The summed E-state index contributed by atoms with van der Waals surface area (Å²) in [6.07, 6.45) is 4.31. The van der Waals surface area contributed by atoms with Gasteiger partial charge in [-0.2, -0.15) is 0 Å². The molecule has 0 spiro atoms. The zero-order valence-corrected chi connectivity index (χ0v) is 20.0. The summed E-state index contributed by atoms with van der Waals surface area (Å²) in [4.78, 5) is 35.5. The lowest BCUT2D eigenvalue weighted by Gasteiger charge is -2.21. The SMILES string of the molecule is CCOC(=O)c1cccc(Cn2c(CN(CC)CC)nc3sc4c(c3c2=O)CCCC4)c1. The summed E-state index contributed by atoms with van der Waals surface area (Å²) >= 11 is 1.69. The van der Waals surface area contributed by atoms with Crippen LogP contribution in [0.5, 0.6) is 0 Å². The van der Waals surface area contributed by atoms with Crippen LogP contribution in [-0.2, 0) is 30.7 Å². The number of thiophene rings is 1. The van der Waals surface area contributed by atoms with E-state index in [9.17, 15) is 9.59 Å². The van der Waals surface area contributed by atoms with Crippen LogP contribution in [0.1, 0.15) is 65.8 Å². The fourth-order valence-corrected chi connectivity index (χ4v) is 5.68. The fourth-order valence-electron chi connectivity index (χ4n) is 4.41. The molecule has 2 heterocycles. The molecule has 7 heteroatoms. The monoisotopic (exact) mass is 453 g/mol. The van der Waals surface area contributed by atoms with E-state index in [1.165, 1.54) is 16.9 Å². The molecule has 1 aliphatic rings. The van der Waals surface area contributed by atoms with Gasteiger partial charge in [-0.05, 0) is 69.0 Å². The molecule has 2 aromatic heterocycles. The minimum atomic E-state index is -0.342. The number of carbonyl (C=O) groups excluding carboxylic acids is 1. The number of fused-ring (bicyclic) bond motifs is 3. The summed E-state index contributed by atoms with van der Waals surface area (Å²) < 4.78 is 6.96. The zero-order valence-electron chi connectivity index (χ0n) is 19.1. The van der Waals surface area contributed by atoms with Gasteiger partial charge in [0.05, 0.1) is 30.6 Å². The Hall–Kier alpha value is -2.51. The molecule has 0 saturated carbocycles. The Morgan fingerprint density at radius 2 is 1.97 bits per heavy atom. The molecule has 0 bridgehead atoms. The fraction of sp³-hybridized carbons (Fsp3) is 0.480. The van der Waals surface area contributed by atoms with E-state index >= 15 is 0 Å². The van der Waals surface area contributed by atoms with E-state index in [-0.39, 0.29) is 11.5 Å². The molecule has 0 amide bonds. The Bertz CT molecular complexity index is 1180. The van der Waals surface area contributed by atoms with Gasteiger partial charge in [0, 0.05) is 4.88 Å². The van der Waals surface area contributed by atoms with E-state index in [2.05, 4.69) is 18.7 Å². The molecule has 0 saturated heterocycles. The summed E-state index contributed by atoms with van der Waals surface area (Å²) in [5, 5.41) is 0.801. The highest BCUT2D eigenvalue weighted by Gasteiger charge is 2.23. The number of rotatable bonds is 8. The van der Waals surface area contributed by atoms with Gasteiger partial charge < -0.3 is 4.74 Å². The molecule has 1 aliphatic carbocycles. The van der Waals surface area contributed by atoms with Gasteiger partial charge >= 0.3 is 5.97 Å². The second-order valence-corrected chi connectivity index (χ2v) is 9.28. The van der Waals surface area contributed by atoms with Crippen LogP contribution in [0, 0.1) is 0 Å². The summed E-state index contributed by atoms with van der Waals surface area (Å²) in [5.74, 6) is 0.442. The number of hydrogen-bond acceptors (Lipinski definition) is 6. The van der Waals surface area contributed by atoms with E-state index in [0.717, 1.165) is 54.0 Å². The van der Waals surface area contributed by atoms with Crippen molar-refractivity contribution < 1.29 is 9.53 Å². The first-order valence-electron chi connectivity index (χ1n) is 11.6. The lowest BCUT2D eigenvalue weighted by atomic mass is 9.97. The molecule has 170 valence electrons. The summed E-state index contributed by atoms with van der Waals surface area (Å²) in [5.41, 5.74) is 2.64. The van der Waals surface area contributed by atoms with Crippen LogP contribution in [0.15, 0.2) is 29.1 Å². The van der Waals surface area contributed by atoms with Crippen molar-refractivity contribution in [1.29, 1.82) is 0 Å². The van der Waals surface area contributed by atoms with Crippen LogP contribution in [0.3, 0.4) is 0 Å². The summed E-state index contributed by atoms with van der Waals surface area (Å²) in [6, 6.07) is 7.36. The maximum Gasteiger partial charge on any atom is 0.338 e. The zero-order chi connectivity index (χ0) is 22.7. The van der Waals surface area contributed by atoms with Crippen molar-refractivity contribution in [2.75, 3.05) is 19.7 Å². The number of esters is 1. The third kappa shape index (κ3) is 4.50. The standard InChI is InChI=1S/C25H31N3O3S/c1-4-27(5-2)16-21-26-23-22(19-12-7-8-13-20(19)32-23)24(29)28(21)15-17-10-9-11-18(14-17)25(30)31-6-3/h9-11,14H,4-8,12-13,15-16H2,1-3H3. The first-order chi connectivity index (χ1) is 15.5. The van der Waals surface area contributed by atoms with E-state index < -0.39 is 0 Å². The lowest BCUT2D eigenvalue weighted by Crippen LogP contribution is -2.31. The molecule has 1 aromatic carbocycles. The van der Waals surface area contributed by atoms with Crippen LogP contribution in [-0.4, -0.2) is 40.1 Å². The predicted octanol–water partition coefficient (Wildman–Crippen LogP) is 4.40. The van der Waals surface area contributed by atoms with Crippen LogP contribution >= 0.6 is 11.3 Å². The second-order valence-electron chi connectivity index (χ2n) is 8.19. The molecule has 0 unspecified atom stereocenters. The maximum absolute atomic E-state index is 13.8. The summed E-state index contributed by atoms with van der Waals surface area (Å²) in [6.45, 7) is 9.17. The Kier molecular flexibility index (Phi) is 7.06. The highest BCUT2D eigenvalue weighted by atomic mass is 32.1. The van der Waals surface area contributed by atoms with Gasteiger partial charge in [0.2, 0.25) is 0 Å². The Morgan fingerprint density at radius 3 is 2.72 bits per heavy atom. The lowest BCUT2D eigenvalue weighted by molar-refractivity contribution is 0.0526. The van der Waals surface area contributed by atoms with Crippen molar-refractivity contribution in [2.24, 2.45) is 0 Å². The van der Waals surface area contributed by atoms with Crippen molar-refractivity contribution >= 4 is 27.5 Å². The molecule has 0 fully saturated rings. The van der Waals surface area contributed by atoms with Gasteiger partial charge in [0.25, 0.3) is 5.56 Å². The number of carbonyl (C=O) groups is 1. The van der Waals surface area contributed by atoms with Gasteiger partial charge in [-0.1, -0.05) is 26.0 Å². The predicted molar refractivity (Wildman–Crippen MR) is 129 cm³/mol. The number of nitrogens with zero attached hydrogens (tertiary/aromatic N) is 3. The second kappa shape index (κ2) is 9.96. The van der Waals surface area contributed by atoms with E-state index in [1.807, 2.05) is 22.8 Å². The van der Waals surface area contributed by atoms with Crippen molar-refractivity contribution in [1.82, 2.24) is 14.5 Å². The average Bonchev–Trinajstić information content (AvgIpc) is 3.18. The normalized spacial score (nSPS) is 13.5. The number of benzene rings is 1. The molecule has 0 radical (unpaired) electrons. The smallest absolute Gasteiger partial charge is 0.338 e. The minimum Gasteiger partial charge on any atom is -0.462 e. The highest BCUT2D eigenvalue weighted by molar-refractivity contribution is 7.18. The van der Waals surface area contributed by atoms with Crippen molar-refractivity contribution in [2.45, 2.75) is 59.5 Å². The van der Waals surface area contributed by atoms with Crippen LogP contribution in [0.25, 0.3) is 10.2 Å². The first-order valence-corrected chi connectivity index (χ1v) is 12.4. The first kappa shape index (κ1) is 22.7. The average molecular weight is 454 g/mol. The van der Waals surface area contributed by atoms with Gasteiger partial charge in [-0.15, -0.1) is 11.3 Å². The molecule has 0 aliphatic heterocycles. The Labute approximate surface area is 192 Å². The molecule has 0 atom stereocenters. The molecule has 6 nitrogen and oxygen atoms in total. The summed E-state index contributed by atoms with van der Waals surface area (Å²) in [7, 11) is 0. The molecular formula is C25H31N3O3S. The van der Waals surface area contributed by atoms with Gasteiger partial charge in [-0.3, -0.25) is 14.3 Å². The topological polar surface area (TPSA) is 64.4 Å². The number of ether oxygens (including phenoxy) is 1. The van der Waals surface area contributed by atoms with E-state index in [1.54, 1.807) is 24.3 Å². The van der Waals surface area contributed by atoms with Gasteiger partial charge in [-0.25, -0.2) is 9.78 Å². The van der Waals surface area contributed by atoms with E-state index in [4.69, 9.17) is 9.72 Å². The highest BCUT2D eigenvalue weighted by Crippen LogP contribution is 2.34. The maximum atomic E-state index is 13.8. The number of aryl methyl sites for hydroxylation is 2. The van der Waals surface area contributed by atoms with Crippen molar-refractivity contribution in [3.8, 4) is 0 Å². The van der Waals surface area contributed by atoms with Crippen LogP contribution < -0.4 is 5.56 Å². The van der Waals surface area contributed by atoms with Crippen LogP contribution in [0.2, 0.25) is 0 Å². The minimum absolute atomic E-state index is 0.0399. The van der Waals surface area contributed by atoms with Gasteiger partial charge in [0.1, 0.15) is 10.7 Å². The van der Waals surface area contributed by atoms with Crippen LogP contribution in [0.4, 0.5) is 0 Å². The Morgan fingerprint density at radius 1 is 1.19 bits per heavy atom. The van der Waals surface area contributed by atoms with E-state index in [0.29, 0.717) is 25.3 Å². The third-order valence-corrected chi connectivity index (χ3v) is 7.38. The molecule has 4 rings (SSSR count). The largest absolute Gasteiger partial charge is 0.462 e. The third-order valence-electron chi connectivity index (χ3n) is 6.19. The molecule has 32 heavy (non-hydrogen) atoms. The molecule has 3 aromatic rings. The number of hydrogen-bond donors (Lipinski definition) is 0.